The van der Waals surface area contributed by atoms with E-state index in [2.05, 4.69) is 27.1 Å². The van der Waals surface area contributed by atoms with E-state index in [1.165, 1.54) is 5.56 Å². The molecule has 4 heteroatoms. The number of pyridine rings is 1. The van der Waals surface area contributed by atoms with E-state index in [4.69, 9.17) is 4.74 Å². The molecule has 0 atom stereocenters. The second kappa shape index (κ2) is 6.13. The summed E-state index contributed by atoms with van der Waals surface area (Å²) in [4.78, 5) is 12.9. The van der Waals surface area contributed by atoms with Crippen LogP contribution in [-0.4, -0.2) is 15.0 Å². The quantitative estimate of drug-likeness (QED) is 0.731. The van der Waals surface area contributed by atoms with Crippen LogP contribution in [0.15, 0.2) is 60.9 Å². The van der Waals surface area contributed by atoms with Gasteiger partial charge in [-0.1, -0.05) is 30.3 Å². The van der Waals surface area contributed by atoms with Gasteiger partial charge < -0.3 is 4.74 Å². The largest absolute Gasteiger partial charge is 0.437 e. The summed E-state index contributed by atoms with van der Waals surface area (Å²) in [6, 6.07) is 15.6. The summed E-state index contributed by atoms with van der Waals surface area (Å²) in [5.41, 5.74) is 2.13. The first-order valence-corrected chi connectivity index (χ1v) is 6.76. The monoisotopic (exact) mass is 277 g/mol. The van der Waals surface area contributed by atoms with Gasteiger partial charge in [-0.3, -0.25) is 4.98 Å². The van der Waals surface area contributed by atoms with Crippen molar-refractivity contribution in [3.63, 3.8) is 0 Å². The van der Waals surface area contributed by atoms with Crippen LogP contribution in [0.4, 0.5) is 0 Å². The number of hydrogen-bond donors (Lipinski definition) is 0. The smallest absolute Gasteiger partial charge is 0.222 e. The molecule has 0 fully saturated rings. The maximum Gasteiger partial charge on any atom is 0.222 e. The molecule has 0 amide bonds. The van der Waals surface area contributed by atoms with Gasteiger partial charge in [-0.15, -0.1) is 0 Å². The van der Waals surface area contributed by atoms with E-state index < -0.39 is 0 Å². The van der Waals surface area contributed by atoms with Gasteiger partial charge in [0, 0.05) is 24.4 Å². The summed E-state index contributed by atoms with van der Waals surface area (Å²) in [5, 5.41) is 0. The summed E-state index contributed by atoms with van der Waals surface area (Å²) in [7, 11) is 0. The van der Waals surface area contributed by atoms with Gasteiger partial charge in [0.05, 0.1) is 6.20 Å². The van der Waals surface area contributed by atoms with Gasteiger partial charge in [0.2, 0.25) is 5.88 Å². The van der Waals surface area contributed by atoms with Gasteiger partial charge in [0.25, 0.3) is 0 Å². The fourth-order valence-corrected chi connectivity index (χ4v) is 1.94. The molecule has 0 aliphatic carbocycles. The highest BCUT2D eigenvalue weighted by molar-refractivity contribution is 5.25. The van der Waals surface area contributed by atoms with E-state index in [9.17, 15) is 0 Å². The molecule has 0 aliphatic heterocycles. The Kier molecular flexibility index (Phi) is 3.87. The van der Waals surface area contributed by atoms with Gasteiger partial charge >= 0.3 is 0 Å². The summed E-state index contributed by atoms with van der Waals surface area (Å²) in [6.45, 7) is 1.94. The zero-order chi connectivity index (χ0) is 14.5. The first-order chi connectivity index (χ1) is 10.3. The Labute approximate surface area is 123 Å². The molecular formula is C17H15N3O. The van der Waals surface area contributed by atoms with Crippen molar-refractivity contribution < 1.29 is 4.74 Å². The molecule has 0 saturated carbocycles. The summed E-state index contributed by atoms with van der Waals surface area (Å²) in [6.07, 6.45) is 4.08. The van der Waals surface area contributed by atoms with E-state index in [-0.39, 0.29) is 0 Å². The molecule has 4 nitrogen and oxygen atoms in total. The Balaban J connectivity index is 1.75. The fourth-order valence-electron chi connectivity index (χ4n) is 1.94. The molecule has 2 heterocycles. The Bertz CT molecular complexity index is 712. The predicted octanol–water partition coefficient (Wildman–Crippen LogP) is 3.56. The van der Waals surface area contributed by atoms with Crippen LogP contribution in [0.5, 0.6) is 11.6 Å². The van der Waals surface area contributed by atoms with Crippen LogP contribution in [-0.2, 0) is 6.42 Å². The first-order valence-electron chi connectivity index (χ1n) is 6.76. The van der Waals surface area contributed by atoms with E-state index in [1.54, 1.807) is 18.5 Å². The SMILES string of the molecule is Cc1ccc(Oc2ccnc(Cc3ccccc3)n2)cn1. The number of nitrogens with zero attached hydrogens (tertiary/aromatic N) is 3. The maximum atomic E-state index is 5.70. The maximum absolute atomic E-state index is 5.70. The number of aromatic nitrogens is 3. The van der Waals surface area contributed by atoms with Gasteiger partial charge in [0.1, 0.15) is 11.6 Å². The number of rotatable bonds is 4. The van der Waals surface area contributed by atoms with Crippen molar-refractivity contribution in [2.75, 3.05) is 0 Å². The molecule has 3 rings (SSSR count). The van der Waals surface area contributed by atoms with Gasteiger partial charge in [-0.25, -0.2) is 4.98 Å². The number of aryl methyl sites for hydroxylation is 1. The molecule has 0 bridgehead atoms. The lowest BCUT2D eigenvalue weighted by molar-refractivity contribution is 0.456. The van der Waals surface area contributed by atoms with Crippen molar-refractivity contribution >= 4 is 0 Å². The molecule has 0 spiro atoms. The minimum Gasteiger partial charge on any atom is -0.437 e. The van der Waals surface area contributed by atoms with Crippen LogP contribution in [0.25, 0.3) is 0 Å². The third kappa shape index (κ3) is 3.63. The molecule has 0 unspecified atom stereocenters. The number of benzene rings is 1. The first kappa shape index (κ1) is 13.2. The normalized spacial score (nSPS) is 10.3. The zero-order valence-electron chi connectivity index (χ0n) is 11.7. The third-order valence-corrected chi connectivity index (χ3v) is 2.99. The molecule has 0 N–H and O–H groups in total. The fraction of sp³-hybridized carbons (Fsp3) is 0.118. The standard InChI is InChI=1S/C17H15N3O/c1-13-7-8-15(12-19-13)21-17-9-10-18-16(20-17)11-14-5-3-2-4-6-14/h2-10,12H,11H2,1H3. The third-order valence-electron chi connectivity index (χ3n) is 2.99. The van der Waals surface area contributed by atoms with E-state index in [1.807, 2.05) is 37.3 Å². The van der Waals surface area contributed by atoms with Crippen LogP contribution in [0.2, 0.25) is 0 Å². The Morgan fingerprint density at radius 1 is 0.952 bits per heavy atom. The molecule has 2 aromatic heterocycles. The molecular weight excluding hydrogens is 262 g/mol. The Hall–Kier alpha value is -2.75. The lowest BCUT2D eigenvalue weighted by atomic mass is 10.1. The van der Waals surface area contributed by atoms with Gasteiger partial charge in [-0.05, 0) is 24.6 Å². The molecule has 104 valence electrons. The number of hydrogen-bond acceptors (Lipinski definition) is 4. The Morgan fingerprint density at radius 2 is 1.81 bits per heavy atom. The topological polar surface area (TPSA) is 47.9 Å². The van der Waals surface area contributed by atoms with Crippen LogP contribution < -0.4 is 4.74 Å². The highest BCUT2D eigenvalue weighted by atomic mass is 16.5. The van der Waals surface area contributed by atoms with Crippen LogP contribution >= 0.6 is 0 Å². The minimum absolute atomic E-state index is 0.529. The highest BCUT2D eigenvalue weighted by Gasteiger charge is 2.03. The van der Waals surface area contributed by atoms with E-state index >= 15 is 0 Å². The zero-order valence-corrected chi connectivity index (χ0v) is 11.7. The van der Waals surface area contributed by atoms with Crippen LogP contribution in [0.1, 0.15) is 17.1 Å². The second-order valence-corrected chi connectivity index (χ2v) is 4.71. The highest BCUT2D eigenvalue weighted by Crippen LogP contribution is 2.18. The summed E-state index contributed by atoms with van der Waals surface area (Å²) in [5.74, 6) is 1.94. The lowest BCUT2D eigenvalue weighted by Crippen LogP contribution is -1.98. The van der Waals surface area contributed by atoms with Crippen molar-refractivity contribution in [2.24, 2.45) is 0 Å². The Morgan fingerprint density at radius 3 is 2.57 bits per heavy atom. The van der Waals surface area contributed by atoms with E-state index in [0.717, 1.165) is 11.5 Å². The molecule has 0 aliphatic rings. The molecule has 21 heavy (non-hydrogen) atoms. The second-order valence-electron chi connectivity index (χ2n) is 4.71. The molecule has 0 saturated heterocycles. The average Bonchev–Trinajstić information content (AvgIpc) is 2.51. The van der Waals surface area contributed by atoms with Gasteiger partial charge in [0.15, 0.2) is 0 Å². The van der Waals surface area contributed by atoms with Crippen LogP contribution in [0.3, 0.4) is 0 Å². The molecule has 3 aromatic rings. The van der Waals surface area contributed by atoms with Crippen molar-refractivity contribution in [3.8, 4) is 11.6 Å². The van der Waals surface area contributed by atoms with Crippen molar-refractivity contribution in [3.05, 3.63) is 78.0 Å². The summed E-state index contributed by atoms with van der Waals surface area (Å²) >= 11 is 0. The van der Waals surface area contributed by atoms with Gasteiger partial charge in [-0.2, -0.15) is 4.98 Å². The van der Waals surface area contributed by atoms with Crippen molar-refractivity contribution in [1.29, 1.82) is 0 Å². The minimum atomic E-state index is 0.529. The van der Waals surface area contributed by atoms with Crippen LogP contribution in [0, 0.1) is 6.92 Å². The average molecular weight is 277 g/mol. The van der Waals surface area contributed by atoms with E-state index in [0.29, 0.717) is 18.1 Å². The molecule has 0 radical (unpaired) electrons. The predicted molar refractivity (Wildman–Crippen MR) is 80.3 cm³/mol. The molecule has 1 aromatic carbocycles. The lowest BCUT2D eigenvalue weighted by Gasteiger charge is -2.06. The number of ether oxygens (including phenoxy) is 1. The van der Waals surface area contributed by atoms with Crippen molar-refractivity contribution in [1.82, 2.24) is 15.0 Å². The van der Waals surface area contributed by atoms with Crippen molar-refractivity contribution in [2.45, 2.75) is 13.3 Å². The summed E-state index contributed by atoms with van der Waals surface area (Å²) < 4.78 is 5.70.